The van der Waals surface area contributed by atoms with Crippen LogP contribution >= 0.6 is 24.0 Å². The van der Waals surface area contributed by atoms with Gasteiger partial charge in [-0.05, 0) is 45.3 Å². The summed E-state index contributed by atoms with van der Waals surface area (Å²) in [6.07, 6.45) is 2.97. The van der Waals surface area contributed by atoms with Crippen molar-refractivity contribution in [3.63, 3.8) is 0 Å². The van der Waals surface area contributed by atoms with E-state index < -0.39 is 0 Å². The molecule has 0 saturated carbocycles. The predicted octanol–water partition coefficient (Wildman–Crippen LogP) is 2.52. The van der Waals surface area contributed by atoms with Crippen LogP contribution in [0, 0.1) is 0 Å². The minimum absolute atomic E-state index is 0. The molecule has 1 aliphatic heterocycles. The standard InChI is InChI=1S/C20H33N5O.HI/c1-16(2)24-19(26)11-12-22-20(21-3)23-15-18(25-13-7-8-14-25)17-9-5-4-6-10-17;/h4-6,9-10,16,18H,7-8,11-15H2,1-3H3,(H,24,26)(H2,21,22,23);1H. The van der Waals surface area contributed by atoms with Crippen molar-refractivity contribution in [1.82, 2.24) is 20.9 Å². The highest BCUT2D eigenvalue weighted by molar-refractivity contribution is 14.0. The highest BCUT2D eigenvalue weighted by Gasteiger charge is 2.23. The van der Waals surface area contributed by atoms with Crippen LogP contribution in [0.25, 0.3) is 0 Å². The maximum absolute atomic E-state index is 11.7. The molecule has 0 radical (unpaired) electrons. The van der Waals surface area contributed by atoms with Gasteiger partial charge in [0.1, 0.15) is 0 Å². The van der Waals surface area contributed by atoms with Gasteiger partial charge in [0.15, 0.2) is 5.96 Å². The first-order valence-electron chi connectivity index (χ1n) is 9.63. The molecule has 1 atom stereocenters. The summed E-state index contributed by atoms with van der Waals surface area (Å²) < 4.78 is 0. The van der Waals surface area contributed by atoms with Gasteiger partial charge in [0.05, 0.1) is 6.04 Å². The normalized spacial score (nSPS) is 15.9. The molecule has 3 N–H and O–H groups in total. The van der Waals surface area contributed by atoms with Crippen LogP contribution in [-0.2, 0) is 4.79 Å². The summed E-state index contributed by atoms with van der Waals surface area (Å²) in [5, 5.41) is 9.55. The number of benzene rings is 1. The van der Waals surface area contributed by atoms with Crippen molar-refractivity contribution >= 4 is 35.8 Å². The number of carbonyl (C=O) groups excluding carboxylic acids is 1. The monoisotopic (exact) mass is 487 g/mol. The number of rotatable bonds is 8. The van der Waals surface area contributed by atoms with Crippen LogP contribution < -0.4 is 16.0 Å². The molecule has 152 valence electrons. The highest BCUT2D eigenvalue weighted by atomic mass is 127. The summed E-state index contributed by atoms with van der Waals surface area (Å²) >= 11 is 0. The summed E-state index contributed by atoms with van der Waals surface area (Å²) in [6, 6.07) is 11.1. The number of hydrogen-bond donors (Lipinski definition) is 3. The summed E-state index contributed by atoms with van der Waals surface area (Å²) in [5.41, 5.74) is 1.33. The molecule has 0 aromatic heterocycles. The maximum atomic E-state index is 11.7. The summed E-state index contributed by atoms with van der Waals surface area (Å²) in [6.45, 7) is 7.58. The van der Waals surface area contributed by atoms with E-state index >= 15 is 0 Å². The molecule has 1 aromatic carbocycles. The number of likely N-dealkylation sites (tertiary alicyclic amines) is 1. The van der Waals surface area contributed by atoms with Crippen molar-refractivity contribution in [1.29, 1.82) is 0 Å². The molecule has 1 unspecified atom stereocenters. The lowest BCUT2D eigenvalue weighted by molar-refractivity contribution is -0.121. The number of hydrogen-bond acceptors (Lipinski definition) is 3. The third kappa shape index (κ3) is 8.47. The van der Waals surface area contributed by atoms with Gasteiger partial charge in [0.25, 0.3) is 0 Å². The van der Waals surface area contributed by atoms with Gasteiger partial charge in [-0.15, -0.1) is 24.0 Å². The Labute approximate surface area is 180 Å². The first-order valence-corrected chi connectivity index (χ1v) is 9.63. The molecule has 1 saturated heterocycles. The summed E-state index contributed by atoms with van der Waals surface area (Å²) in [4.78, 5) is 18.5. The smallest absolute Gasteiger partial charge is 0.221 e. The second-order valence-electron chi connectivity index (χ2n) is 7.02. The van der Waals surface area contributed by atoms with E-state index in [0.29, 0.717) is 19.0 Å². The van der Waals surface area contributed by atoms with E-state index in [1.165, 1.54) is 18.4 Å². The minimum atomic E-state index is 0. The van der Waals surface area contributed by atoms with Crippen LogP contribution in [0.15, 0.2) is 35.3 Å². The third-order valence-corrected chi connectivity index (χ3v) is 4.55. The molecular formula is C20H34IN5O. The van der Waals surface area contributed by atoms with Gasteiger partial charge in [-0.25, -0.2) is 0 Å². The number of guanidine groups is 1. The molecule has 1 heterocycles. The Morgan fingerprint density at radius 2 is 1.81 bits per heavy atom. The topological polar surface area (TPSA) is 68.8 Å². The number of nitrogens with one attached hydrogen (secondary N) is 3. The van der Waals surface area contributed by atoms with E-state index in [2.05, 4.69) is 56.2 Å². The second-order valence-corrected chi connectivity index (χ2v) is 7.02. The third-order valence-electron chi connectivity index (χ3n) is 4.55. The Morgan fingerprint density at radius 1 is 1.15 bits per heavy atom. The summed E-state index contributed by atoms with van der Waals surface area (Å²) in [7, 11) is 1.76. The van der Waals surface area contributed by atoms with Crippen LogP contribution in [0.5, 0.6) is 0 Å². The number of carbonyl (C=O) groups is 1. The van der Waals surface area contributed by atoms with Crippen molar-refractivity contribution in [2.75, 3.05) is 33.2 Å². The molecule has 27 heavy (non-hydrogen) atoms. The van der Waals surface area contributed by atoms with Crippen LogP contribution in [-0.4, -0.2) is 56.0 Å². The molecule has 1 aromatic rings. The molecule has 0 aliphatic carbocycles. The predicted molar refractivity (Wildman–Crippen MR) is 123 cm³/mol. The highest BCUT2D eigenvalue weighted by Crippen LogP contribution is 2.24. The van der Waals surface area contributed by atoms with Crippen molar-refractivity contribution in [2.45, 2.75) is 45.2 Å². The minimum Gasteiger partial charge on any atom is -0.356 e. The lowest BCUT2D eigenvalue weighted by atomic mass is 10.1. The zero-order valence-electron chi connectivity index (χ0n) is 16.7. The molecule has 7 heteroatoms. The first-order chi connectivity index (χ1) is 12.6. The Balaban J connectivity index is 0.00000364. The van der Waals surface area contributed by atoms with E-state index in [1.807, 2.05) is 13.8 Å². The van der Waals surface area contributed by atoms with Crippen molar-refractivity contribution in [3.8, 4) is 0 Å². The fourth-order valence-corrected chi connectivity index (χ4v) is 3.29. The van der Waals surface area contributed by atoms with E-state index in [-0.39, 0.29) is 35.9 Å². The van der Waals surface area contributed by atoms with Gasteiger partial charge in [-0.3, -0.25) is 14.7 Å². The second kappa shape index (κ2) is 12.9. The van der Waals surface area contributed by atoms with E-state index in [0.717, 1.165) is 25.6 Å². The molecule has 2 rings (SSSR count). The van der Waals surface area contributed by atoms with Gasteiger partial charge in [0, 0.05) is 32.6 Å². The molecule has 0 spiro atoms. The lowest BCUT2D eigenvalue weighted by Crippen LogP contribution is -2.43. The zero-order valence-corrected chi connectivity index (χ0v) is 19.0. The molecule has 1 amide bonds. The van der Waals surface area contributed by atoms with Crippen LogP contribution in [0.1, 0.15) is 44.7 Å². The van der Waals surface area contributed by atoms with Crippen LogP contribution in [0.4, 0.5) is 0 Å². The van der Waals surface area contributed by atoms with E-state index in [1.54, 1.807) is 7.05 Å². The fraction of sp³-hybridized carbons (Fsp3) is 0.600. The van der Waals surface area contributed by atoms with Crippen molar-refractivity contribution in [2.24, 2.45) is 4.99 Å². The Hall–Kier alpha value is -1.35. The Bertz CT molecular complexity index is 573. The summed E-state index contributed by atoms with van der Waals surface area (Å²) in [5.74, 6) is 0.796. The van der Waals surface area contributed by atoms with E-state index in [4.69, 9.17) is 0 Å². The first kappa shape index (κ1) is 23.7. The van der Waals surface area contributed by atoms with Gasteiger partial charge >= 0.3 is 0 Å². The maximum Gasteiger partial charge on any atom is 0.221 e. The van der Waals surface area contributed by atoms with Crippen LogP contribution in [0.3, 0.4) is 0 Å². The molecule has 1 fully saturated rings. The van der Waals surface area contributed by atoms with Crippen molar-refractivity contribution < 1.29 is 4.79 Å². The van der Waals surface area contributed by atoms with Gasteiger partial charge in [-0.2, -0.15) is 0 Å². The van der Waals surface area contributed by atoms with E-state index in [9.17, 15) is 4.79 Å². The van der Waals surface area contributed by atoms with Crippen molar-refractivity contribution in [3.05, 3.63) is 35.9 Å². The zero-order chi connectivity index (χ0) is 18.8. The Kier molecular flexibility index (Phi) is 11.3. The number of nitrogens with zero attached hydrogens (tertiary/aromatic N) is 2. The molecule has 1 aliphatic rings. The molecular weight excluding hydrogens is 453 g/mol. The number of aliphatic imine (C=N–C) groups is 1. The molecule has 6 nitrogen and oxygen atoms in total. The number of amides is 1. The largest absolute Gasteiger partial charge is 0.356 e. The van der Waals surface area contributed by atoms with Gasteiger partial charge in [0.2, 0.25) is 5.91 Å². The van der Waals surface area contributed by atoms with Gasteiger partial charge < -0.3 is 16.0 Å². The quantitative estimate of drug-likeness (QED) is 0.300. The average Bonchev–Trinajstić information content (AvgIpc) is 3.15. The molecule has 0 bridgehead atoms. The number of halogens is 1. The SMILES string of the molecule is CN=C(NCCC(=O)NC(C)C)NCC(c1ccccc1)N1CCCC1.I. The fourth-order valence-electron chi connectivity index (χ4n) is 3.29. The average molecular weight is 487 g/mol. The van der Waals surface area contributed by atoms with Crippen LogP contribution in [0.2, 0.25) is 0 Å². The Morgan fingerprint density at radius 3 is 2.41 bits per heavy atom. The lowest BCUT2D eigenvalue weighted by Gasteiger charge is -2.29. The van der Waals surface area contributed by atoms with Gasteiger partial charge in [-0.1, -0.05) is 30.3 Å².